The summed E-state index contributed by atoms with van der Waals surface area (Å²) in [6, 6.07) is 8.21. The molecule has 1 amide bonds. The lowest BCUT2D eigenvalue weighted by Gasteiger charge is -2.26. The molecule has 2 rings (SSSR count). The van der Waals surface area contributed by atoms with Crippen LogP contribution >= 0.6 is 0 Å². The Morgan fingerprint density at radius 3 is 2.53 bits per heavy atom. The molecular formula is C21H33N3O6. The van der Waals surface area contributed by atoms with Crippen molar-refractivity contribution in [1.82, 2.24) is 10.2 Å². The maximum atomic E-state index is 11.4. The van der Waals surface area contributed by atoms with E-state index in [-0.39, 0.29) is 19.1 Å². The van der Waals surface area contributed by atoms with Crippen molar-refractivity contribution in [2.45, 2.75) is 39.2 Å². The van der Waals surface area contributed by atoms with E-state index in [1.807, 2.05) is 12.1 Å². The zero-order valence-corrected chi connectivity index (χ0v) is 17.6. The number of amides is 1. The lowest BCUT2D eigenvalue weighted by Crippen LogP contribution is -2.30. The van der Waals surface area contributed by atoms with Crippen molar-refractivity contribution in [2.24, 2.45) is 5.73 Å². The molecule has 1 saturated heterocycles. The van der Waals surface area contributed by atoms with Crippen molar-refractivity contribution in [3.8, 4) is 5.75 Å². The molecule has 1 fully saturated rings. The zero-order chi connectivity index (χ0) is 22.2. The number of likely N-dealkylation sites (tertiary alicyclic amines) is 1. The molecular weight excluding hydrogens is 390 g/mol. The number of carboxylic acids is 1. The van der Waals surface area contributed by atoms with Gasteiger partial charge in [-0.2, -0.15) is 0 Å². The van der Waals surface area contributed by atoms with Crippen molar-refractivity contribution in [1.29, 1.82) is 0 Å². The number of carbonyl (C=O) groups is 3. The van der Waals surface area contributed by atoms with E-state index >= 15 is 0 Å². The lowest BCUT2D eigenvalue weighted by molar-refractivity contribution is -0.146. The van der Waals surface area contributed by atoms with Crippen LogP contribution in [0.3, 0.4) is 0 Å². The predicted molar refractivity (Wildman–Crippen MR) is 112 cm³/mol. The number of nitrogens with one attached hydrogen (secondary N) is 1. The molecule has 9 heteroatoms. The highest BCUT2D eigenvalue weighted by Crippen LogP contribution is 2.17. The molecule has 0 aromatic heterocycles. The fourth-order valence-corrected chi connectivity index (χ4v) is 2.82. The van der Waals surface area contributed by atoms with Crippen molar-refractivity contribution >= 4 is 17.8 Å². The zero-order valence-electron chi connectivity index (χ0n) is 17.6. The first-order chi connectivity index (χ1) is 14.4. The second-order valence-corrected chi connectivity index (χ2v) is 6.91. The number of nitrogens with zero attached hydrogens (tertiary/aromatic N) is 1. The summed E-state index contributed by atoms with van der Waals surface area (Å²) in [5.74, 6) is -0.854. The summed E-state index contributed by atoms with van der Waals surface area (Å²) in [5.41, 5.74) is 5.84. The van der Waals surface area contributed by atoms with E-state index < -0.39 is 11.9 Å². The third kappa shape index (κ3) is 12.7. The summed E-state index contributed by atoms with van der Waals surface area (Å²) in [5, 5.41) is 10.3. The average molecular weight is 424 g/mol. The van der Waals surface area contributed by atoms with Crippen LogP contribution in [0.15, 0.2) is 24.3 Å². The normalized spacial score (nSPS) is 13.5. The number of carboxylic acid groups (broad SMARTS) is 1. The largest absolute Gasteiger partial charge is 0.494 e. The molecule has 0 atom stereocenters. The number of rotatable bonds is 10. The molecule has 1 aliphatic heterocycles. The van der Waals surface area contributed by atoms with Crippen molar-refractivity contribution in [3.05, 3.63) is 29.8 Å². The van der Waals surface area contributed by atoms with Crippen LogP contribution in [-0.2, 0) is 25.7 Å². The number of hydrogen-bond donors (Lipinski definition) is 3. The molecule has 1 aromatic rings. The number of ether oxygens (including phenoxy) is 2. The number of benzene rings is 1. The summed E-state index contributed by atoms with van der Waals surface area (Å²) < 4.78 is 10.4. The fraction of sp³-hybridized carbons (Fsp3) is 0.571. The summed E-state index contributed by atoms with van der Waals surface area (Å²) in [4.78, 5) is 33.7. The van der Waals surface area contributed by atoms with Crippen molar-refractivity contribution < 1.29 is 29.0 Å². The van der Waals surface area contributed by atoms with E-state index in [4.69, 9.17) is 9.84 Å². The summed E-state index contributed by atoms with van der Waals surface area (Å²) in [6.45, 7) is 5.13. The molecule has 1 heterocycles. The van der Waals surface area contributed by atoms with Gasteiger partial charge in [0.15, 0.2) is 6.61 Å². The Morgan fingerprint density at radius 1 is 1.20 bits per heavy atom. The van der Waals surface area contributed by atoms with Gasteiger partial charge in [-0.15, -0.1) is 0 Å². The van der Waals surface area contributed by atoms with Crippen LogP contribution in [-0.4, -0.2) is 67.2 Å². The highest BCUT2D eigenvalue weighted by Gasteiger charge is 2.10. The molecule has 0 unspecified atom stereocenters. The van der Waals surface area contributed by atoms with E-state index in [0.29, 0.717) is 19.6 Å². The van der Waals surface area contributed by atoms with Gasteiger partial charge in [0.2, 0.25) is 0 Å². The molecule has 0 saturated carbocycles. The van der Waals surface area contributed by atoms with Gasteiger partial charge in [-0.25, -0.2) is 0 Å². The number of aliphatic carboxylic acids is 1. The van der Waals surface area contributed by atoms with Crippen LogP contribution in [0.4, 0.5) is 0 Å². The number of hydrogen-bond acceptors (Lipinski definition) is 7. The van der Waals surface area contributed by atoms with Crippen LogP contribution < -0.4 is 15.8 Å². The first-order valence-electron chi connectivity index (χ1n) is 10.2. The van der Waals surface area contributed by atoms with Gasteiger partial charge in [-0.1, -0.05) is 18.6 Å². The van der Waals surface area contributed by atoms with Gasteiger partial charge in [-0.3, -0.25) is 19.3 Å². The summed E-state index contributed by atoms with van der Waals surface area (Å²) in [6.07, 6.45) is 4.62. The monoisotopic (exact) mass is 423 g/mol. The van der Waals surface area contributed by atoms with Gasteiger partial charge in [0.05, 0.1) is 13.2 Å². The summed E-state index contributed by atoms with van der Waals surface area (Å²) >= 11 is 0. The SMILES string of the molecule is CC(=O)OCC(=O)NCCCOc1cccc(CN2CCCCC2)c1.NCC(=O)O. The highest BCUT2D eigenvalue weighted by atomic mass is 16.5. The van der Waals surface area contributed by atoms with E-state index in [1.165, 1.54) is 44.8 Å². The van der Waals surface area contributed by atoms with E-state index in [9.17, 15) is 14.4 Å². The Hall–Kier alpha value is -2.65. The number of carbonyl (C=O) groups excluding carboxylic acids is 2. The maximum Gasteiger partial charge on any atom is 0.317 e. The van der Waals surface area contributed by atoms with Gasteiger partial charge in [0, 0.05) is 20.0 Å². The number of nitrogens with two attached hydrogens (primary N) is 1. The van der Waals surface area contributed by atoms with Crippen LogP contribution in [0.1, 0.15) is 38.2 Å². The first kappa shape index (κ1) is 25.4. The molecule has 168 valence electrons. The molecule has 0 spiro atoms. The fourth-order valence-electron chi connectivity index (χ4n) is 2.82. The standard InChI is InChI=1S/C19H28N2O4.C2H5NO2/c1-16(22)25-15-19(23)20-9-6-12-24-18-8-5-7-17(13-18)14-21-10-3-2-4-11-21;3-1-2(4)5/h5,7-8,13H,2-4,6,9-12,14-15H2,1H3,(H,20,23);1,3H2,(H,4,5). The van der Waals surface area contributed by atoms with E-state index in [2.05, 4.69) is 32.8 Å². The van der Waals surface area contributed by atoms with Gasteiger partial charge in [0.25, 0.3) is 5.91 Å². The molecule has 9 nitrogen and oxygen atoms in total. The van der Waals surface area contributed by atoms with Crippen LogP contribution in [0.2, 0.25) is 0 Å². The molecule has 30 heavy (non-hydrogen) atoms. The van der Waals surface area contributed by atoms with Crippen LogP contribution in [0, 0.1) is 0 Å². The smallest absolute Gasteiger partial charge is 0.317 e. The highest BCUT2D eigenvalue weighted by molar-refractivity contribution is 5.79. The minimum atomic E-state index is -0.968. The minimum Gasteiger partial charge on any atom is -0.494 e. The number of piperidine rings is 1. The molecule has 4 N–H and O–H groups in total. The Morgan fingerprint density at radius 2 is 1.90 bits per heavy atom. The Bertz CT molecular complexity index is 662. The van der Waals surface area contributed by atoms with Gasteiger partial charge < -0.3 is 25.6 Å². The molecule has 0 bridgehead atoms. The van der Waals surface area contributed by atoms with Gasteiger partial charge >= 0.3 is 11.9 Å². The first-order valence-corrected chi connectivity index (χ1v) is 10.2. The molecule has 0 radical (unpaired) electrons. The van der Waals surface area contributed by atoms with Crippen molar-refractivity contribution in [2.75, 3.05) is 39.4 Å². The second-order valence-electron chi connectivity index (χ2n) is 6.91. The topological polar surface area (TPSA) is 131 Å². The average Bonchev–Trinajstić information content (AvgIpc) is 2.73. The maximum absolute atomic E-state index is 11.4. The molecule has 1 aliphatic rings. The third-order valence-electron chi connectivity index (χ3n) is 4.25. The quantitative estimate of drug-likeness (QED) is 0.377. The van der Waals surface area contributed by atoms with E-state index in [0.717, 1.165) is 12.3 Å². The van der Waals surface area contributed by atoms with Gasteiger partial charge in [0.1, 0.15) is 5.75 Å². The minimum absolute atomic E-state index is 0.227. The van der Waals surface area contributed by atoms with E-state index in [1.54, 1.807) is 0 Å². The Labute approximate surface area is 177 Å². The molecule has 0 aliphatic carbocycles. The molecule has 1 aromatic carbocycles. The summed E-state index contributed by atoms with van der Waals surface area (Å²) in [7, 11) is 0. The van der Waals surface area contributed by atoms with Crippen LogP contribution in [0.25, 0.3) is 0 Å². The van der Waals surface area contributed by atoms with Gasteiger partial charge in [-0.05, 0) is 50.0 Å². The number of esters is 1. The van der Waals surface area contributed by atoms with Crippen molar-refractivity contribution in [3.63, 3.8) is 0 Å². The lowest BCUT2D eigenvalue weighted by atomic mass is 10.1. The Kier molecular flexibility index (Phi) is 12.9. The Balaban J connectivity index is 0.000000804. The second kappa shape index (κ2) is 15.2. The van der Waals surface area contributed by atoms with Crippen LogP contribution in [0.5, 0.6) is 5.75 Å². The third-order valence-corrected chi connectivity index (χ3v) is 4.25. The predicted octanol–water partition coefficient (Wildman–Crippen LogP) is 1.15.